The summed E-state index contributed by atoms with van der Waals surface area (Å²) in [5.41, 5.74) is 0.744. The highest BCUT2D eigenvalue weighted by atomic mass is 16.4. The number of carbonyl (C=O) groups is 2. The van der Waals surface area contributed by atoms with E-state index < -0.39 is 5.97 Å². The average Bonchev–Trinajstić information content (AvgIpc) is 2.01. The number of carboxylic acids is 1. The van der Waals surface area contributed by atoms with Gasteiger partial charge in [0.1, 0.15) is 12.3 Å². The van der Waals surface area contributed by atoms with E-state index in [9.17, 15) is 9.59 Å². The number of aliphatic carboxylic acids is 1. The minimum atomic E-state index is -0.944. The molecule has 0 aromatic heterocycles. The molecule has 0 spiro atoms. The monoisotopic (exact) mass is 169 g/mol. The van der Waals surface area contributed by atoms with Gasteiger partial charge in [-0.25, -0.2) is 0 Å². The van der Waals surface area contributed by atoms with Gasteiger partial charge in [-0.15, -0.1) is 0 Å². The first kappa shape index (κ1) is 8.90. The van der Waals surface area contributed by atoms with E-state index >= 15 is 0 Å². The SMILES string of the molecule is O=C(O)CN=C1CCCC(=O)C1. The van der Waals surface area contributed by atoms with Crippen molar-refractivity contribution in [3.63, 3.8) is 0 Å². The Kier molecular flexibility index (Phi) is 2.96. The fourth-order valence-corrected chi connectivity index (χ4v) is 1.21. The summed E-state index contributed by atoms with van der Waals surface area (Å²) in [5, 5.41) is 8.32. The van der Waals surface area contributed by atoms with Crippen LogP contribution < -0.4 is 0 Å². The lowest BCUT2D eigenvalue weighted by molar-refractivity contribution is -0.135. The smallest absolute Gasteiger partial charge is 0.325 e. The number of ketones is 1. The topological polar surface area (TPSA) is 66.7 Å². The van der Waals surface area contributed by atoms with Crippen molar-refractivity contribution in [3.05, 3.63) is 0 Å². The Labute approximate surface area is 70.3 Å². The van der Waals surface area contributed by atoms with Crippen molar-refractivity contribution in [1.29, 1.82) is 0 Å². The molecule has 1 aliphatic rings. The van der Waals surface area contributed by atoms with E-state index in [1.807, 2.05) is 0 Å². The molecule has 1 aliphatic carbocycles. The van der Waals surface area contributed by atoms with Crippen LogP contribution in [0.1, 0.15) is 25.7 Å². The summed E-state index contributed by atoms with van der Waals surface area (Å²) in [6.07, 6.45) is 2.57. The Morgan fingerprint density at radius 3 is 2.83 bits per heavy atom. The summed E-state index contributed by atoms with van der Waals surface area (Å²) in [6.45, 7) is -0.206. The number of aliphatic imine (C=N–C) groups is 1. The van der Waals surface area contributed by atoms with Gasteiger partial charge in [0.15, 0.2) is 0 Å². The third-order valence-corrected chi connectivity index (χ3v) is 1.76. The Morgan fingerprint density at radius 1 is 1.50 bits per heavy atom. The standard InChI is InChI=1S/C8H11NO3/c10-7-3-1-2-6(4-7)9-5-8(11)12/h1-5H2,(H,11,12). The molecule has 0 aliphatic heterocycles. The number of rotatable bonds is 2. The lowest BCUT2D eigenvalue weighted by atomic mass is 9.97. The van der Waals surface area contributed by atoms with E-state index in [0.29, 0.717) is 12.8 Å². The molecule has 1 rings (SSSR count). The van der Waals surface area contributed by atoms with E-state index in [2.05, 4.69) is 4.99 Å². The van der Waals surface area contributed by atoms with Crippen LogP contribution in [0.2, 0.25) is 0 Å². The molecule has 0 aromatic carbocycles. The molecular formula is C8H11NO3. The number of nitrogens with zero attached hydrogens (tertiary/aromatic N) is 1. The molecule has 0 bridgehead atoms. The van der Waals surface area contributed by atoms with Crippen molar-refractivity contribution < 1.29 is 14.7 Å². The molecule has 0 heterocycles. The molecule has 0 radical (unpaired) electrons. The predicted molar refractivity (Wildman–Crippen MR) is 43.4 cm³/mol. The molecule has 1 fully saturated rings. The fraction of sp³-hybridized carbons (Fsp3) is 0.625. The summed E-state index contributed by atoms with van der Waals surface area (Å²) in [7, 11) is 0. The molecule has 0 unspecified atom stereocenters. The zero-order valence-electron chi connectivity index (χ0n) is 6.75. The van der Waals surface area contributed by atoms with Crippen LogP contribution in [0.5, 0.6) is 0 Å². The van der Waals surface area contributed by atoms with Gasteiger partial charge in [-0.1, -0.05) is 0 Å². The van der Waals surface area contributed by atoms with Crippen LogP contribution in [0.4, 0.5) is 0 Å². The Bertz CT molecular complexity index is 232. The lowest BCUT2D eigenvalue weighted by Crippen LogP contribution is -2.15. The summed E-state index contributed by atoms with van der Waals surface area (Å²) >= 11 is 0. The van der Waals surface area contributed by atoms with E-state index in [-0.39, 0.29) is 12.3 Å². The number of hydrogen-bond acceptors (Lipinski definition) is 3. The number of hydrogen-bond donors (Lipinski definition) is 1. The molecule has 12 heavy (non-hydrogen) atoms. The Balaban J connectivity index is 2.45. The van der Waals surface area contributed by atoms with Crippen LogP contribution in [0.25, 0.3) is 0 Å². The van der Waals surface area contributed by atoms with Crippen LogP contribution in [0.15, 0.2) is 4.99 Å². The summed E-state index contributed by atoms with van der Waals surface area (Å²) in [6, 6.07) is 0. The van der Waals surface area contributed by atoms with Gasteiger partial charge in [0.25, 0.3) is 0 Å². The molecule has 1 saturated carbocycles. The van der Waals surface area contributed by atoms with E-state index in [4.69, 9.17) is 5.11 Å². The van der Waals surface area contributed by atoms with Crippen molar-refractivity contribution in [3.8, 4) is 0 Å². The van der Waals surface area contributed by atoms with Gasteiger partial charge in [0.2, 0.25) is 0 Å². The molecule has 0 atom stereocenters. The first-order valence-electron chi connectivity index (χ1n) is 3.94. The van der Waals surface area contributed by atoms with Crippen molar-refractivity contribution in [1.82, 2.24) is 0 Å². The van der Waals surface area contributed by atoms with E-state index in [1.54, 1.807) is 0 Å². The molecule has 0 aromatic rings. The van der Waals surface area contributed by atoms with E-state index in [1.165, 1.54) is 0 Å². The van der Waals surface area contributed by atoms with Crippen LogP contribution in [-0.4, -0.2) is 29.1 Å². The summed E-state index contributed by atoms with van der Waals surface area (Å²) < 4.78 is 0. The summed E-state index contributed by atoms with van der Waals surface area (Å²) in [4.78, 5) is 24.9. The number of carbonyl (C=O) groups excluding carboxylic acids is 1. The second kappa shape index (κ2) is 3.99. The van der Waals surface area contributed by atoms with Gasteiger partial charge >= 0.3 is 5.97 Å². The first-order valence-corrected chi connectivity index (χ1v) is 3.94. The maximum Gasteiger partial charge on any atom is 0.325 e. The average molecular weight is 169 g/mol. The number of carboxylic acid groups (broad SMARTS) is 1. The molecule has 0 saturated heterocycles. The molecule has 4 nitrogen and oxygen atoms in total. The van der Waals surface area contributed by atoms with Crippen molar-refractivity contribution >= 4 is 17.5 Å². The van der Waals surface area contributed by atoms with Gasteiger partial charge in [-0.2, -0.15) is 0 Å². The maximum atomic E-state index is 10.9. The third-order valence-electron chi connectivity index (χ3n) is 1.76. The van der Waals surface area contributed by atoms with Gasteiger partial charge in [-0.3, -0.25) is 14.6 Å². The largest absolute Gasteiger partial charge is 0.480 e. The highest BCUT2D eigenvalue weighted by Crippen LogP contribution is 2.11. The highest BCUT2D eigenvalue weighted by Gasteiger charge is 2.13. The van der Waals surface area contributed by atoms with Gasteiger partial charge in [0.05, 0.1) is 0 Å². The lowest BCUT2D eigenvalue weighted by Gasteiger charge is -2.10. The first-order chi connectivity index (χ1) is 5.68. The molecular weight excluding hydrogens is 158 g/mol. The minimum absolute atomic E-state index is 0.172. The van der Waals surface area contributed by atoms with E-state index in [0.717, 1.165) is 18.6 Å². The van der Waals surface area contributed by atoms with Crippen LogP contribution in [0, 0.1) is 0 Å². The van der Waals surface area contributed by atoms with Gasteiger partial charge in [0, 0.05) is 18.6 Å². The predicted octanol–water partition coefficient (Wildman–Crippen LogP) is 0.655. The molecule has 4 heteroatoms. The third kappa shape index (κ3) is 2.82. The van der Waals surface area contributed by atoms with Gasteiger partial charge in [-0.05, 0) is 12.8 Å². The van der Waals surface area contributed by atoms with Crippen LogP contribution >= 0.6 is 0 Å². The normalized spacial score (nSPS) is 21.3. The molecule has 66 valence electrons. The zero-order chi connectivity index (χ0) is 8.97. The van der Waals surface area contributed by atoms with Crippen LogP contribution in [-0.2, 0) is 9.59 Å². The molecule has 0 amide bonds. The zero-order valence-corrected chi connectivity index (χ0v) is 6.75. The number of Topliss-reactive ketones (excluding diaryl/α,β-unsaturated/α-hetero) is 1. The second-order valence-corrected chi connectivity index (χ2v) is 2.85. The minimum Gasteiger partial charge on any atom is -0.480 e. The van der Waals surface area contributed by atoms with Crippen molar-refractivity contribution in [2.24, 2.45) is 4.99 Å². The Morgan fingerprint density at radius 2 is 2.25 bits per heavy atom. The highest BCUT2D eigenvalue weighted by molar-refractivity contribution is 6.04. The second-order valence-electron chi connectivity index (χ2n) is 2.85. The van der Waals surface area contributed by atoms with Crippen LogP contribution in [0.3, 0.4) is 0 Å². The van der Waals surface area contributed by atoms with Crippen molar-refractivity contribution in [2.45, 2.75) is 25.7 Å². The van der Waals surface area contributed by atoms with Gasteiger partial charge < -0.3 is 5.11 Å². The quantitative estimate of drug-likeness (QED) is 0.660. The maximum absolute atomic E-state index is 10.9. The fourth-order valence-electron chi connectivity index (χ4n) is 1.21. The Hall–Kier alpha value is -1.19. The van der Waals surface area contributed by atoms with Crippen molar-refractivity contribution in [2.75, 3.05) is 6.54 Å². The molecule has 1 N–H and O–H groups in total. The summed E-state index contributed by atoms with van der Waals surface area (Å²) in [5.74, 6) is -0.772.